The summed E-state index contributed by atoms with van der Waals surface area (Å²) in [5, 5.41) is 3.30. The van der Waals surface area contributed by atoms with Gasteiger partial charge in [-0.3, -0.25) is 4.79 Å². The van der Waals surface area contributed by atoms with Gasteiger partial charge in [0.2, 0.25) is 5.91 Å². The second-order valence-electron chi connectivity index (χ2n) is 7.82. The lowest BCUT2D eigenvalue weighted by Gasteiger charge is -2.43. The van der Waals surface area contributed by atoms with Crippen LogP contribution >= 0.6 is 0 Å². The zero-order chi connectivity index (χ0) is 16.5. The normalized spacial score (nSPS) is 35.7. The Bertz CT molecular complexity index is 564. The molecule has 2 saturated carbocycles. The number of fused-ring (bicyclic) bond motifs is 2. The maximum absolute atomic E-state index is 12.7. The molecular formula is C19H28N4O. The maximum atomic E-state index is 12.7. The average molecular weight is 328 g/mol. The van der Waals surface area contributed by atoms with Crippen molar-refractivity contribution >= 4 is 11.7 Å². The number of carbonyl (C=O) groups excluding carboxylic acids is 1. The topological polar surface area (TPSA) is 71.2 Å². The second-order valence-corrected chi connectivity index (χ2v) is 7.82. The molecule has 3 N–H and O–H groups in total. The summed E-state index contributed by atoms with van der Waals surface area (Å²) >= 11 is 0. The van der Waals surface area contributed by atoms with Crippen LogP contribution in [0.2, 0.25) is 0 Å². The van der Waals surface area contributed by atoms with E-state index < -0.39 is 0 Å². The van der Waals surface area contributed by atoms with Crippen molar-refractivity contribution in [2.24, 2.45) is 23.5 Å². The van der Waals surface area contributed by atoms with Gasteiger partial charge in [-0.1, -0.05) is 12.5 Å². The van der Waals surface area contributed by atoms with Gasteiger partial charge >= 0.3 is 0 Å². The summed E-state index contributed by atoms with van der Waals surface area (Å²) in [6.07, 6.45) is 8.50. The summed E-state index contributed by atoms with van der Waals surface area (Å²) in [5.74, 6) is 2.55. The molecule has 3 atom stereocenters. The van der Waals surface area contributed by atoms with Crippen LogP contribution in [0.4, 0.5) is 5.82 Å². The summed E-state index contributed by atoms with van der Waals surface area (Å²) in [4.78, 5) is 19.4. The quantitative estimate of drug-likeness (QED) is 0.889. The third-order valence-corrected chi connectivity index (χ3v) is 6.29. The van der Waals surface area contributed by atoms with Gasteiger partial charge in [0.15, 0.2) is 0 Å². The van der Waals surface area contributed by atoms with Crippen LogP contribution in [0, 0.1) is 17.8 Å². The molecule has 0 radical (unpaired) electrons. The molecule has 0 aromatic carbocycles. The number of amides is 1. The lowest BCUT2D eigenvalue weighted by atomic mass is 9.65. The van der Waals surface area contributed by atoms with Crippen molar-refractivity contribution in [3.63, 3.8) is 0 Å². The number of hydrogen-bond acceptors (Lipinski definition) is 4. The Labute approximate surface area is 144 Å². The molecule has 1 aromatic rings. The molecule has 1 aromatic heterocycles. The van der Waals surface area contributed by atoms with Crippen molar-refractivity contribution in [3.05, 3.63) is 24.4 Å². The molecule has 1 aliphatic heterocycles. The Balaban J connectivity index is 1.32. The molecule has 2 bridgehead atoms. The zero-order valence-electron chi connectivity index (χ0n) is 14.2. The molecule has 4 rings (SSSR count). The van der Waals surface area contributed by atoms with E-state index in [-0.39, 0.29) is 17.9 Å². The Kier molecular flexibility index (Phi) is 4.44. The lowest BCUT2D eigenvalue weighted by molar-refractivity contribution is -0.128. The standard InChI is InChI=1S/C19H28N4O/c20-18-13-4-3-5-14(18)11-15(10-13)19(24)22-16-7-9-23(12-16)17-6-1-2-8-21-17/h1-2,6,8,13-16,18H,3-5,7,9-12,20H2,(H,22,24). The van der Waals surface area contributed by atoms with Gasteiger partial charge in [-0.25, -0.2) is 4.98 Å². The van der Waals surface area contributed by atoms with E-state index in [1.807, 2.05) is 24.4 Å². The van der Waals surface area contributed by atoms with Gasteiger partial charge in [0.05, 0.1) is 0 Å². The zero-order valence-corrected chi connectivity index (χ0v) is 14.2. The maximum Gasteiger partial charge on any atom is 0.223 e. The first-order chi connectivity index (χ1) is 11.7. The van der Waals surface area contributed by atoms with Gasteiger partial charge in [-0.05, 0) is 56.1 Å². The third kappa shape index (κ3) is 3.14. The smallest absolute Gasteiger partial charge is 0.223 e. The number of hydrogen-bond donors (Lipinski definition) is 2. The molecule has 2 aliphatic carbocycles. The molecule has 24 heavy (non-hydrogen) atoms. The summed E-state index contributed by atoms with van der Waals surface area (Å²) in [5.41, 5.74) is 6.35. The van der Waals surface area contributed by atoms with E-state index in [4.69, 9.17) is 5.73 Å². The highest BCUT2D eigenvalue weighted by Gasteiger charge is 2.41. The molecule has 1 amide bonds. The van der Waals surface area contributed by atoms with Gasteiger partial charge < -0.3 is 16.0 Å². The fourth-order valence-corrected chi connectivity index (χ4v) is 4.95. The predicted octanol–water partition coefficient (Wildman–Crippen LogP) is 1.93. The largest absolute Gasteiger partial charge is 0.354 e. The molecule has 3 unspecified atom stereocenters. The highest BCUT2D eigenvalue weighted by atomic mass is 16.2. The number of nitrogens with one attached hydrogen (secondary N) is 1. The molecule has 5 heteroatoms. The number of aromatic nitrogens is 1. The van der Waals surface area contributed by atoms with Crippen molar-refractivity contribution in [1.82, 2.24) is 10.3 Å². The average Bonchev–Trinajstić information content (AvgIpc) is 3.04. The van der Waals surface area contributed by atoms with Crippen LogP contribution in [0.3, 0.4) is 0 Å². The minimum Gasteiger partial charge on any atom is -0.354 e. The number of nitrogens with two attached hydrogens (primary N) is 1. The second kappa shape index (κ2) is 6.71. The first-order valence-corrected chi connectivity index (χ1v) is 9.42. The van der Waals surface area contributed by atoms with E-state index in [0.29, 0.717) is 17.9 Å². The SMILES string of the molecule is NC1C2CCCC1CC(C(=O)NC1CCN(c3ccccn3)C1)C2. The van der Waals surface area contributed by atoms with Crippen LogP contribution in [-0.4, -0.2) is 36.1 Å². The van der Waals surface area contributed by atoms with E-state index in [1.54, 1.807) is 0 Å². The minimum absolute atomic E-state index is 0.170. The number of carbonyl (C=O) groups is 1. The van der Waals surface area contributed by atoms with Crippen LogP contribution < -0.4 is 16.0 Å². The molecule has 1 saturated heterocycles. The Morgan fingerprint density at radius 2 is 2.00 bits per heavy atom. The van der Waals surface area contributed by atoms with Gasteiger partial charge in [-0.2, -0.15) is 0 Å². The highest BCUT2D eigenvalue weighted by Crippen LogP contribution is 2.42. The van der Waals surface area contributed by atoms with Crippen molar-refractivity contribution < 1.29 is 4.79 Å². The Hall–Kier alpha value is -1.62. The minimum atomic E-state index is 0.170. The summed E-state index contributed by atoms with van der Waals surface area (Å²) in [7, 11) is 0. The first kappa shape index (κ1) is 15.9. The van der Waals surface area contributed by atoms with Crippen LogP contribution in [-0.2, 0) is 4.79 Å². The first-order valence-electron chi connectivity index (χ1n) is 9.42. The lowest BCUT2D eigenvalue weighted by Crippen LogP contribution is -2.50. The Morgan fingerprint density at radius 1 is 1.21 bits per heavy atom. The molecular weight excluding hydrogens is 300 g/mol. The van der Waals surface area contributed by atoms with E-state index in [0.717, 1.165) is 38.2 Å². The van der Waals surface area contributed by atoms with Crippen LogP contribution in [0.25, 0.3) is 0 Å². The molecule has 0 spiro atoms. The molecule has 2 heterocycles. The summed E-state index contributed by atoms with van der Waals surface area (Å²) in [6, 6.07) is 6.55. The van der Waals surface area contributed by atoms with Crippen molar-refractivity contribution in [3.8, 4) is 0 Å². The van der Waals surface area contributed by atoms with E-state index in [9.17, 15) is 4.79 Å². The Morgan fingerprint density at radius 3 is 2.71 bits per heavy atom. The fourth-order valence-electron chi connectivity index (χ4n) is 4.95. The highest BCUT2D eigenvalue weighted by molar-refractivity contribution is 5.79. The van der Waals surface area contributed by atoms with Gasteiger partial charge in [0.1, 0.15) is 5.82 Å². The van der Waals surface area contributed by atoms with Crippen LogP contribution in [0.15, 0.2) is 24.4 Å². The third-order valence-electron chi connectivity index (χ3n) is 6.29. The summed E-state index contributed by atoms with van der Waals surface area (Å²) < 4.78 is 0. The van der Waals surface area contributed by atoms with Gasteiger partial charge in [-0.15, -0.1) is 0 Å². The van der Waals surface area contributed by atoms with Gasteiger partial charge in [0.25, 0.3) is 0 Å². The van der Waals surface area contributed by atoms with E-state index in [2.05, 4.69) is 15.2 Å². The van der Waals surface area contributed by atoms with Gasteiger partial charge in [0, 0.05) is 37.3 Å². The monoisotopic (exact) mass is 328 g/mol. The molecule has 5 nitrogen and oxygen atoms in total. The predicted molar refractivity (Wildman–Crippen MR) is 94.5 cm³/mol. The summed E-state index contributed by atoms with van der Waals surface area (Å²) in [6.45, 7) is 1.82. The molecule has 130 valence electrons. The van der Waals surface area contributed by atoms with Crippen LogP contribution in [0.1, 0.15) is 38.5 Å². The number of anilines is 1. The molecule has 3 aliphatic rings. The van der Waals surface area contributed by atoms with E-state index in [1.165, 1.54) is 19.3 Å². The van der Waals surface area contributed by atoms with Crippen LogP contribution in [0.5, 0.6) is 0 Å². The van der Waals surface area contributed by atoms with Crippen molar-refractivity contribution in [1.29, 1.82) is 0 Å². The molecule has 3 fully saturated rings. The van der Waals surface area contributed by atoms with Crippen molar-refractivity contribution in [2.75, 3.05) is 18.0 Å². The van der Waals surface area contributed by atoms with E-state index >= 15 is 0 Å². The fraction of sp³-hybridized carbons (Fsp3) is 0.684. The van der Waals surface area contributed by atoms with Crippen molar-refractivity contribution in [2.45, 2.75) is 50.6 Å². The number of nitrogens with zero attached hydrogens (tertiary/aromatic N) is 2. The number of pyridine rings is 1. The number of rotatable bonds is 3.